The van der Waals surface area contributed by atoms with Gasteiger partial charge in [0.2, 0.25) is 0 Å². The Labute approximate surface area is 127 Å². The van der Waals surface area contributed by atoms with Crippen LogP contribution in [0.3, 0.4) is 0 Å². The Morgan fingerprint density at radius 3 is 2.55 bits per heavy atom. The summed E-state index contributed by atoms with van der Waals surface area (Å²) in [5, 5.41) is 13.0. The number of thioether (sulfide) groups is 1. The average molecular weight is 297 g/mol. The van der Waals surface area contributed by atoms with Gasteiger partial charge in [0.1, 0.15) is 5.75 Å². The lowest BCUT2D eigenvalue weighted by Crippen LogP contribution is -2.29. The van der Waals surface area contributed by atoms with Gasteiger partial charge in [0.15, 0.2) is 0 Å². The molecule has 20 heavy (non-hydrogen) atoms. The minimum absolute atomic E-state index is 0.273. The Balaban J connectivity index is 2.70. The largest absolute Gasteiger partial charge is 0.497 e. The molecule has 0 aliphatic rings. The first-order valence-corrected chi connectivity index (χ1v) is 8.37. The third-order valence-electron chi connectivity index (χ3n) is 3.24. The lowest BCUT2D eigenvalue weighted by Gasteiger charge is -2.25. The molecule has 0 aliphatic carbocycles. The molecule has 0 bridgehead atoms. The highest BCUT2D eigenvalue weighted by molar-refractivity contribution is 7.99. The molecule has 4 heteroatoms. The van der Waals surface area contributed by atoms with E-state index in [4.69, 9.17) is 9.84 Å². The fourth-order valence-corrected chi connectivity index (χ4v) is 3.21. The monoisotopic (exact) mass is 297 g/mol. The van der Waals surface area contributed by atoms with Gasteiger partial charge in [-0.3, -0.25) is 0 Å². The van der Waals surface area contributed by atoms with E-state index in [-0.39, 0.29) is 6.61 Å². The highest BCUT2D eigenvalue weighted by Crippen LogP contribution is 2.28. The SMILES string of the molecule is CCCNC(c1ccc(OC)cc1)C(C)SCCCO. The van der Waals surface area contributed by atoms with Crippen LogP contribution in [0.2, 0.25) is 0 Å². The summed E-state index contributed by atoms with van der Waals surface area (Å²) in [4.78, 5) is 0. The van der Waals surface area contributed by atoms with Gasteiger partial charge in [-0.25, -0.2) is 0 Å². The van der Waals surface area contributed by atoms with Gasteiger partial charge in [0.25, 0.3) is 0 Å². The molecule has 0 amide bonds. The number of nitrogens with one attached hydrogen (secondary N) is 1. The molecule has 0 saturated carbocycles. The molecule has 1 rings (SSSR count). The van der Waals surface area contributed by atoms with E-state index in [1.807, 2.05) is 23.9 Å². The third kappa shape index (κ3) is 5.73. The number of benzene rings is 1. The van der Waals surface area contributed by atoms with Crippen LogP contribution in [0.4, 0.5) is 0 Å². The number of hydrogen-bond acceptors (Lipinski definition) is 4. The normalized spacial score (nSPS) is 14.0. The van der Waals surface area contributed by atoms with Crippen molar-refractivity contribution in [2.24, 2.45) is 0 Å². The summed E-state index contributed by atoms with van der Waals surface area (Å²) in [6.45, 7) is 5.72. The molecule has 0 aliphatic heterocycles. The topological polar surface area (TPSA) is 41.5 Å². The summed E-state index contributed by atoms with van der Waals surface area (Å²) in [5.41, 5.74) is 1.29. The number of methoxy groups -OCH3 is 1. The fourth-order valence-electron chi connectivity index (χ4n) is 2.10. The summed E-state index contributed by atoms with van der Waals surface area (Å²) < 4.78 is 5.22. The second-order valence-corrected chi connectivity index (χ2v) is 6.34. The number of aliphatic hydroxyl groups is 1. The fraction of sp³-hybridized carbons (Fsp3) is 0.625. The minimum atomic E-state index is 0.273. The Kier molecular flexibility index (Phi) is 8.74. The predicted molar refractivity (Wildman–Crippen MR) is 87.7 cm³/mol. The van der Waals surface area contributed by atoms with Crippen LogP contribution < -0.4 is 10.1 Å². The van der Waals surface area contributed by atoms with E-state index < -0.39 is 0 Å². The highest BCUT2D eigenvalue weighted by atomic mass is 32.2. The molecule has 3 nitrogen and oxygen atoms in total. The Hall–Kier alpha value is -0.710. The standard InChI is InChI=1S/C16H27NO2S/c1-4-10-17-16(13(2)20-12-5-11-18)14-6-8-15(19-3)9-7-14/h6-9,13,16-18H,4-5,10-12H2,1-3H3. The molecule has 114 valence electrons. The van der Waals surface area contributed by atoms with E-state index >= 15 is 0 Å². The summed E-state index contributed by atoms with van der Waals surface area (Å²) in [6, 6.07) is 8.64. The van der Waals surface area contributed by atoms with Crippen molar-refractivity contribution in [1.82, 2.24) is 5.32 Å². The van der Waals surface area contributed by atoms with Crippen molar-refractivity contribution in [3.05, 3.63) is 29.8 Å². The average Bonchev–Trinajstić information content (AvgIpc) is 2.48. The third-order valence-corrected chi connectivity index (χ3v) is 4.56. The molecular formula is C16H27NO2S. The molecule has 2 unspecified atom stereocenters. The zero-order valence-corrected chi connectivity index (χ0v) is 13.6. The summed E-state index contributed by atoms with van der Waals surface area (Å²) in [5.74, 6) is 1.89. The maximum absolute atomic E-state index is 8.89. The Morgan fingerprint density at radius 1 is 1.30 bits per heavy atom. The Morgan fingerprint density at radius 2 is 2.00 bits per heavy atom. The van der Waals surface area contributed by atoms with Crippen LogP contribution >= 0.6 is 11.8 Å². The molecule has 0 heterocycles. The van der Waals surface area contributed by atoms with E-state index in [0.29, 0.717) is 11.3 Å². The van der Waals surface area contributed by atoms with Crippen LogP contribution in [0.5, 0.6) is 5.75 Å². The zero-order valence-electron chi connectivity index (χ0n) is 12.8. The van der Waals surface area contributed by atoms with E-state index in [0.717, 1.165) is 30.9 Å². The predicted octanol–water partition coefficient (Wildman–Crippen LogP) is 3.24. The maximum Gasteiger partial charge on any atom is 0.118 e. The summed E-state index contributed by atoms with van der Waals surface area (Å²) in [6.07, 6.45) is 1.98. The quantitative estimate of drug-likeness (QED) is 0.651. The van der Waals surface area contributed by atoms with Gasteiger partial charge < -0.3 is 15.2 Å². The van der Waals surface area contributed by atoms with E-state index in [1.165, 1.54) is 5.56 Å². The van der Waals surface area contributed by atoms with E-state index in [9.17, 15) is 0 Å². The van der Waals surface area contributed by atoms with Crippen molar-refractivity contribution in [2.75, 3.05) is 26.0 Å². The first-order valence-electron chi connectivity index (χ1n) is 7.32. The molecular weight excluding hydrogens is 270 g/mol. The van der Waals surface area contributed by atoms with Crippen molar-refractivity contribution in [2.45, 2.75) is 38.0 Å². The molecule has 2 N–H and O–H groups in total. The number of rotatable bonds is 10. The van der Waals surface area contributed by atoms with Crippen molar-refractivity contribution in [3.63, 3.8) is 0 Å². The minimum Gasteiger partial charge on any atom is -0.497 e. The van der Waals surface area contributed by atoms with Crippen LogP contribution in [0, 0.1) is 0 Å². The number of aliphatic hydroxyl groups excluding tert-OH is 1. The first-order chi connectivity index (χ1) is 9.72. The van der Waals surface area contributed by atoms with Crippen LogP contribution in [-0.4, -0.2) is 36.4 Å². The molecule has 0 spiro atoms. The molecule has 1 aromatic carbocycles. The Bertz CT molecular complexity index is 356. The van der Waals surface area contributed by atoms with Gasteiger partial charge in [-0.05, 0) is 42.8 Å². The molecule has 0 saturated heterocycles. The maximum atomic E-state index is 8.89. The van der Waals surface area contributed by atoms with Crippen LogP contribution in [-0.2, 0) is 0 Å². The highest BCUT2D eigenvalue weighted by Gasteiger charge is 2.18. The van der Waals surface area contributed by atoms with Gasteiger partial charge in [0, 0.05) is 17.9 Å². The van der Waals surface area contributed by atoms with Crippen LogP contribution in [0.1, 0.15) is 38.3 Å². The van der Waals surface area contributed by atoms with Crippen molar-refractivity contribution < 1.29 is 9.84 Å². The van der Waals surface area contributed by atoms with E-state index in [2.05, 4.69) is 31.3 Å². The lowest BCUT2D eigenvalue weighted by molar-refractivity contribution is 0.296. The van der Waals surface area contributed by atoms with Gasteiger partial charge in [-0.15, -0.1) is 0 Å². The number of hydrogen-bond donors (Lipinski definition) is 2. The van der Waals surface area contributed by atoms with E-state index in [1.54, 1.807) is 7.11 Å². The second kappa shape index (κ2) is 10.1. The molecule has 0 fully saturated rings. The summed E-state index contributed by atoms with van der Waals surface area (Å²) in [7, 11) is 1.69. The van der Waals surface area contributed by atoms with Gasteiger partial charge in [-0.1, -0.05) is 26.0 Å². The summed E-state index contributed by atoms with van der Waals surface area (Å²) >= 11 is 1.91. The van der Waals surface area contributed by atoms with Crippen LogP contribution in [0.25, 0.3) is 0 Å². The molecule has 0 radical (unpaired) electrons. The van der Waals surface area contributed by atoms with Crippen LogP contribution in [0.15, 0.2) is 24.3 Å². The molecule has 1 aromatic rings. The second-order valence-electron chi connectivity index (χ2n) is 4.86. The van der Waals surface area contributed by atoms with Gasteiger partial charge in [0.05, 0.1) is 7.11 Å². The van der Waals surface area contributed by atoms with Crippen molar-refractivity contribution in [3.8, 4) is 5.75 Å². The first kappa shape index (κ1) is 17.3. The molecule has 0 aromatic heterocycles. The zero-order chi connectivity index (χ0) is 14.8. The number of ether oxygens (including phenoxy) is 1. The van der Waals surface area contributed by atoms with Crippen molar-refractivity contribution in [1.29, 1.82) is 0 Å². The van der Waals surface area contributed by atoms with Crippen molar-refractivity contribution >= 4 is 11.8 Å². The lowest BCUT2D eigenvalue weighted by atomic mass is 10.0. The molecule has 2 atom stereocenters. The smallest absolute Gasteiger partial charge is 0.118 e. The van der Waals surface area contributed by atoms with Gasteiger partial charge >= 0.3 is 0 Å². The van der Waals surface area contributed by atoms with Gasteiger partial charge in [-0.2, -0.15) is 11.8 Å².